The second-order valence-corrected chi connectivity index (χ2v) is 3.10. The minimum absolute atomic E-state index is 0.291. The molecule has 11 heavy (non-hydrogen) atoms. The minimum atomic E-state index is -0.368. The normalized spacial score (nSPS) is 13.1. The van der Waals surface area contributed by atoms with Gasteiger partial charge in [-0.2, -0.15) is 0 Å². The summed E-state index contributed by atoms with van der Waals surface area (Å²) in [5.41, 5.74) is 5.75. The molecule has 0 bridgehead atoms. The zero-order valence-electron chi connectivity index (χ0n) is 6.01. The lowest BCUT2D eigenvalue weighted by molar-refractivity contribution is 0.578. The van der Waals surface area contributed by atoms with Crippen LogP contribution in [0.5, 0.6) is 0 Å². The molecule has 0 amide bonds. The maximum Gasteiger partial charge on any atom is 0.146 e. The van der Waals surface area contributed by atoms with Crippen molar-refractivity contribution in [2.45, 2.75) is 13.0 Å². The molecule has 4 heteroatoms. The first-order valence-electron chi connectivity index (χ1n) is 3.19. The van der Waals surface area contributed by atoms with E-state index >= 15 is 0 Å². The van der Waals surface area contributed by atoms with E-state index in [1.54, 1.807) is 13.0 Å². The lowest BCUT2D eigenvalue weighted by Gasteiger charge is -2.05. The smallest absolute Gasteiger partial charge is 0.146 e. The van der Waals surface area contributed by atoms with Gasteiger partial charge in [0.05, 0.1) is 5.69 Å². The summed E-state index contributed by atoms with van der Waals surface area (Å²) in [6.07, 6.45) is 0. The van der Waals surface area contributed by atoms with Gasteiger partial charge in [0.2, 0.25) is 0 Å². The van der Waals surface area contributed by atoms with Gasteiger partial charge < -0.3 is 5.73 Å². The number of aromatic nitrogens is 1. The standard InChI is InChI=1S/C7H8BrFN2/c1-4(10)7-5(9)2-3-6(8)11-7/h2-4H,10H2,1H3/t4-/m0/s1. The number of pyridine rings is 1. The fourth-order valence-electron chi connectivity index (χ4n) is 0.752. The zero-order valence-corrected chi connectivity index (χ0v) is 7.60. The van der Waals surface area contributed by atoms with E-state index in [0.29, 0.717) is 10.3 Å². The fourth-order valence-corrected chi connectivity index (χ4v) is 1.08. The van der Waals surface area contributed by atoms with Gasteiger partial charge in [-0.3, -0.25) is 0 Å². The highest BCUT2D eigenvalue weighted by Crippen LogP contribution is 2.15. The Morgan fingerprint density at radius 3 is 2.73 bits per heavy atom. The van der Waals surface area contributed by atoms with E-state index in [-0.39, 0.29) is 11.9 Å². The Balaban J connectivity index is 3.13. The van der Waals surface area contributed by atoms with E-state index in [4.69, 9.17) is 5.73 Å². The summed E-state index contributed by atoms with van der Waals surface area (Å²) < 4.78 is 13.5. The Labute approximate surface area is 72.8 Å². The maximum absolute atomic E-state index is 12.9. The number of rotatable bonds is 1. The highest BCUT2D eigenvalue weighted by Gasteiger charge is 2.07. The van der Waals surface area contributed by atoms with Crippen molar-refractivity contribution in [2.75, 3.05) is 0 Å². The van der Waals surface area contributed by atoms with E-state index in [9.17, 15) is 4.39 Å². The molecule has 2 N–H and O–H groups in total. The molecule has 0 spiro atoms. The summed E-state index contributed by atoms with van der Waals surface area (Å²) >= 11 is 3.13. The van der Waals surface area contributed by atoms with Crippen molar-refractivity contribution in [1.82, 2.24) is 4.98 Å². The van der Waals surface area contributed by atoms with Crippen LogP contribution in [0, 0.1) is 5.82 Å². The van der Waals surface area contributed by atoms with Crippen LogP contribution in [0.15, 0.2) is 16.7 Å². The van der Waals surface area contributed by atoms with Crippen LogP contribution in [0.25, 0.3) is 0 Å². The van der Waals surface area contributed by atoms with E-state index < -0.39 is 0 Å². The number of nitrogens with two attached hydrogens (primary N) is 1. The van der Waals surface area contributed by atoms with Crippen molar-refractivity contribution in [3.05, 3.63) is 28.2 Å². The van der Waals surface area contributed by atoms with Crippen molar-refractivity contribution in [1.29, 1.82) is 0 Å². The molecule has 0 radical (unpaired) electrons. The molecular weight excluding hydrogens is 211 g/mol. The van der Waals surface area contributed by atoms with Gasteiger partial charge in [-0.25, -0.2) is 9.37 Å². The third-order valence-electron chi connectivity index (χ3n) is 1.27. The third kappa shape index (κ3) is 1.97. The molecule has 1 aromatic heterocycles. The quantitative estimate of drug-likeness (QED) is 0.733. The lowest BCUT2D eigenvalue weighted by atomic mass is 10.2. The van der Waals surface area contributed by atoms with E-state index in [0.717, 1.165) is 0 Å². The van der Waals surface area contributed by atoms with Crippen LogP contribution in [0.4, 0.5) is 4.39 Å². The van der Waals surface area contributed by atoms with Crippen molar-refractivity contribution in [3.63, 3.8) is 0 Å². The Morgan fingerprint density at radius 2 is 2.27 bits per heavy atom. The molecule has 0 saturated carbocycles. The van der Waals surface area contributed by atoms with E-state index in [1.807, 2.05) is 0 Å². The summed E-state index contributed by atoms with van der Waals surface area (Å²) in [4.78, 5) is 3.89. The number of nitrogens with zero attached hydrogens (tertiary/aromatic N) is 1. The molecule has 0 aliphatic rings. The topological polar surface area (TPSA) is 38.9 Å². The SMILES string of the molecule is C[C@H](N)c1nc(Br)ccc1F. The summed E-state index contributed by atoms with van der Waals surface area (Å²) in [5, 5.41) is 0. The molecule has 1 rings (SSSR count). The minimum Gasteiger partial charge on any atom is -0.323 e. The maximum atomic E-state index is 12.9. The predicted molar refractivity (Wildman–Crippen MR) is 44.5 cm³/mol. The van der Waals surface area contributed by atoms with Crippen molar-refractivity contribution >= 4 is 15.9 Å². The van der Waals surface area contributed by atoms with Crippen LogP contribution in [0.1, 0.15) is 18.7 Å². The van der Waals surface area contributed by atoms with Gasteiger partial charge in [-0.1, -0.05) is 0 Å². The molecule has 0 unspecified atom stereocenters. The Morgan fingerprint density at radius 1 is 1.64 bits per heavy atom. The van der Waals surface area contributed by atoms with Crippen molar-refractivity contribution in [3.8, 4) is 0 Å². The van der Waals surface area contributed by atoms with Gasteiger partial charge >= 0.3 is 0 Å². The molecule has 60 valence electrons. The fraction of sp³-hybridized carbons (Fsp3) is 0.286. The highest BCUT2D eigenvalue weighted by atomic mass is 79.9. The monoisotopic (exact) mass is 218 g/mol. The van der Waals surface area contributed by atoms with Gasteiger partial charge in [-0.05, 0) is 35.0 Å². The predicted octanol–water partition coefficient (Wildman–Crippen LogP) is 2.00. The summed E-state index contributed by atoms with van der Waals surface area (Å²) in [7, 11) is 0. The second-order valence-electron chi connectivity index (χ2n) is 2.29. The van der Waals surface area contributed by atoms with Crippen molar-refractivity contribution < 1.29 is 4.39 Å². The first-order chi connectivity index (χ1) is 5.11. The van der Waals surface area contributed by atoms with Gasteiger partial charge in [0, 0.05) is 6.04 Å². The van der Waals surface area contributed by atoms with Gasteiger partial charge in [-0.15, -0.1) is 0 Å². The Kier molecular flexibility index (Phi) is 2.57. The molecule has 1 aromatic rings. The first-order valence-corrected chi connectivity index (χ1v) is 3.98. The number of hydrogen-bond donors (Lipinski definition) is 1. The molecule has 1 heterocycles. The first kappa shape index (κ1) is 8.62. The second kappa shape index (κ2) is 3.28. The zero-order chi connectivity index (χ0) is 8.43. The van der Waals surface area contributed by atoms with Crippen LogP contribution in [0.2, 0.25) is 0 Å². The van der Waals surface area contributed by atoms with E-state index in [1.165, 1.54) is 6.07 Å². The van der Waals surface area contributed by atoms with Crippen molar-refractivity contribution in [2.24, 2.45) is 5.73 Å². The molecule has 0 aliphatic carbocycles. The summed E-state index contributed by atoms with van der Waals surface area (Å²) in [5.74, 6) is -0.358. The third-order valence-corrected chi connectivity index (χ3v) is 1.71. The lowest BCUT2D eigenvalue weighted by Crippen LogP contribution is -2.09. The van der Waals surface area contributed by atoms with Crippen LogP contribution in [-0.4, -0.2) is 4.98 Å². The Hall–Kier alpha value is -0.480. The average Bonchev–Trinajstić information content (AvgIpc) is 1.94. The Bertz CT molecular complexity index is 263. The molecule has 2 nitrogen and oxygen atoms in total. The molecule has 0 saturated heterocycles. The van der Waals surface area contributed by atoms with Crippen LogP contribution in [-0.2, 0) is 0 Å². The van der Waals surface area contributed by atoms with Gasteiger partial charge in [0.25, 0.3) is 0 Å². The summed E-state index contributed by atoms with van der Waals surface area (Å²) in [6.45, 7) is 1.69. The van der Waals surface area contributed by atoms with Crippen LogP contribution in [0.3, 0.4) is 0 Å². The van der Waals surface area contributed by atoms with Crippen LogP contribution < -0.4 is 5.73 Å². The van der Waals surface area contributed by atoms with Gasteiger partial charge in [0.1, 0.15) is 10.4 Å². The molecular formula is C7H8BrFN2. The number of hydrogen-bond acceptors (Lipinski definition) is 2. The summed E-state index contributed by atoms with van der Waals surface area (Å²) in [6, 6.07) is 2.52. The van der Waals surface area contributed by atoms with Gasteiger partial charge in [0.15, 0.2) is 0 Å². The average molecular weight is 219 g/mol. The van der Waals surface area contributed by atoms with E-state index in [2.05, 4.69) is 20.9 Å². The van der Waals surface area contributed by atoms with Crippen LogP contribution >= 0.6 is 15.9 Å². The highest BCUT2D eigenvalue weighted by molar-refractivity contribution is 9.10. The molecule has 0 fully saturated rings. The number of halogens is 2. The molecule has 0 aliphatic heterocycles. The largest absolute Gasteiger partial charge is 0.323 e. The molecule has 1 atom stereocenters. The molecule has 0 aromatic carbocycles.